The van der Waals surface area contributed by atoms with Crippen molar-refractivity contribution >= 4 is 11.6 Å². The highest BCUT2D eigenvalue weighted by atomic mass is 19.1. The van der Waals surface area contributed by atoms with E-state index in [1.54, 1.807) is 12.1 Å². The summed E-state index contributed by atoms with van der Waals surface area (Å²) in [6.07, 6.45) is 1.43. The number of rotatable bonds is 3. The van der Waals surface area contributed by atoms with Gasteiger partial charge in [0, 0.05) is 17.6 Å². The van der Waals surface area contributed by atoms with Crippen LogP contribution in [0.25, 0.3) is 5.69 Å². The van der Waals surface area contributed by atoms with Gasteiger partial charge in [0.05, 0.1) is 5.69 Å². The van der Waals surface area contributed by atoms with Crippen molar-refractivity contribution in [1.29, 1.82) is 0 Å². The third-order valence-corrected chi connectivity index (χ3v) is 3.51. The van der Waals surface area contributed by atoms with E-state index >= 15 is 0 Å². The molecule has 24 heavy (non-hydrogen) atoms. The summed E-state index contributed by atoms with van der Waals surface area (Å²) >= 11 is 0. The van der Waals surface area contributed by atoms with Crippen LogP contribution in [0, 0.1) is 19.7 Å². The van der Waals surface area contributed by atoms with E-state index in [9.17, 15) is 14.0 Å². The predicted octanol–water partition coefficient (Wildman–Crippen LogP) is 2.57. The molecule has 0 bridgehead atoms. The molecule has 2 aromatic heterocycles. The van der Waals surface area contributed by atoms with Crippen molar-refractivity contribution in [2.75, 3.05) is 5.32 Å². The number of H-pyrrole nitrogens is 1. The number of halogens is 1. The summed E-state index contributed by atoms with van der Waals surface area (Å²) in [6.45, 7) is 3.66. The summed E-state index contributed by atoms with van der Waals surface area (Å²) in [4.78, 5) is 26.1. The fourth-order valence-corrected chi connectivity index (χ4v) is 2.43. The van der Waals surface area contributed by atoms with Crippen molar-refractivity contribution in [2.24, 2.45) is 0 Å². The van der Waals surface area contributed by atoms with Gasteiger partial charge in [-0.1, -0.05) is 0 Å². The molecule has 1 amide bonds. The van der Waals surface area contributed by atoms with Crippen molar-refractivity contribution < 1.29 is 9.18 Å². The van der Waals surface area contributed by atoms with Crippen LogP contribution in [0.5, 0.6) is 0 Å². The van der Waals surface area contributed by atoms with E-state index < -0.39 is 17.3 Å². The number of anilines is 1. The Morgan fingerprint density at radius 1 is 1.25 bits per heavy atom. The number of carbonyl (C=O) groups is 1. The second kappa shape index (κ2) is 6.11. The molecule has 0 aliphatic carbocycles. The fraction of sp³-hybridized carbons (Fsp3) is 0.118. The first-order valence-corrected chi connectivity index (χ1v) is 7.28. The van der Waals surface area contributed by atoms with Crippen molar-refractivity contribution in [3.05, 3.63) is 75.7 Å². The smallest absolute Gasteiger partial charge is 0.261 e. The second-order valence-corrected chi connectivity index (χ2v) is 5.37. The van der Waals surface area contributed by atoms with Gasteiger partial charge in [-0.15, -0.1) is 0 Å². The van der Waals surface area contributed by atoms with Crippen LogP contribution in [0.4, 0.5) is 10.1 Å². The summed E-state index contributed by atoms with van der Waals surface area (Å²) in [5.74, 6) is -1.13. The van der Waals surface area contributed by atoms with Crippen LogP contribution in [0.3, 0.4) is 0 Å². The molecule has 0 unspecified atom stereocenters. The molecule has 1 aromatic carbocycles. The van der Waals surface area contributed by atoms with Gasteiger partial charge in [-0.3, -0.25) is 9.59 Å². The first-order chi connectivity index (χ1) is 11.5. The Morgan fingerprint density at radius 2 is 2.04 bits per heavy atom. The lowest BCUT2D eigenvalue weighted by Crippen LogP contribution is -2.22. The highest BCUT2D eigenvalue weighted by Crippen LogP contribution is 2.20. The van der Waals surface area contributed by atoms with E-state index in [2.05, 4.69) is 15.4 Å². The Balaban J connectivity index is 1.88. The molecule has 0 saturated heterocycles. The molecule has 122 valence electrons. The summed E-state index contributed by atoms with van der Waals surface area (Å²) in [5.41, 5.74) is 1.59. The van der Waals surface area contributed by atoms with Gasteiger partial charge >= 0.3 is 0 Å². The molecule has 7 heteroatoms. The molecule has 0 aliphatic heterocycles. The van der Waals surface area contributed by atoms with Gasteiger partial charge in [0.15, 0.2) is 5.82 Å². The monoisotopic (exact) mass is 326 g/mol. The van der Waals surface area contributed by atoms with Gasteiger partial charge in [0.25, 0.3) is 11.5 Å². The number of amides is 1. The van der Waals surface area contributed by atoms with Gasteiger partial charge in [-0.2, -0.15) is 5.10 Å². The molecule has 0 fully saturated rings. The van der Waals surface area contributed by atoms with E-state index in [1.165, 1.54) is 29.1 Å². The Bertz CT molecular complexity index is 975. The van der Waals surface area contributed by atoms with Crippen LogP contribution in [0.2, 0.25) is 0 Å². The van der Waals surface area contributed by atoms with Crippen LogP contribution in [0.15, 0.2) is 47.4 Å². The molecule has 6 nitrogen and oxygen atoms in total. The second-order valence-electron chi connectivity index (χ2n) is 5.37. The minimum Gasteiger partial charge on any atom is -0.328 e. The van der Waals surface area contributed by atoms with E-state index in [4.69, 9.17) is 0 Å². The van der Waals surface area contributed by atoms with E-state index in [0.717, 1.165) is 11.4 Å². The lowest BCUT2D eigenvalue weighted by atomic mass is 10.2. The SMILES string of the molecule is Cc1cc(C)n(-c2ccc(NC(=O)c3ccc[nH]c3=O)cc2F)n1. The molecule has 3 aromatic rings. The number of aromatic nitrogens is 3. The maximum atomic E-state index is 14.4. The van der Waals surface area contributed by atoms with Gasteiger partial charge in [0.1, 0.15) is 11.3 Å². The summed E-state index contributed by atoms with van der Waals surface area (Å²) in [5, 5.41) is 6.74. The molecule has 2 N–H and O–H groups in total. The number of hydrogen-bond acceptors (Lipinski definition) is 3. The highest BCUT2D eigenvalue weighted by Gasteiger charge is 2.13. The third-order valence-electron chi connectivity index (χ3n) is 3.51. The Hall–Kier alpha value is -3.22. The number of hydrogen-bond donors (Lipinski definition) is 2. The molecule has 0 atom stereocenters. The summed E-state index contributed by atoms with van der Waals surface area (Å²) in [6, 6.07) is 9.07. The Morgan fingerprint density at radius 3 is 2.67 bits per heavy atom. The van der Waals surface area contributed by atoms with E-state index in [0.29, 0.717) is 0 Å². The highest BCUT2D eigenvalue weighted by molar-refractivity contribution is 6.03. The first-order valence-electron chi connectivity index (χ1n) is 7.28. The number of aryl methyl sites for hydroxylation is 2. The molecule has 3 rings (SSSR count). The number of benzene rings is 1. The van der Waals surface area contributed by atoms with Crippen molar-refractivity contribution in [3.8, 4) is 5.69 Å². The minimum absolute atomic E-state index is 0.0412. The number of carbonyl (C=O) groups excluding carboxylic acids is 1. The zero-order chi connectivity index (χ0) is 17.3. The normalized spacial score (nSPS) is 10.6. The molecular formula is C17H15FN4O2. The lowest BCUT2D eigenvalue weighted by molar-refractivity contribution is 0.102. The zero-order valence-corrected chi connectivity index (χ0v) is 13.1. The van der Waals surface area contributed by atoms with Gasteiger partial charge in [-0.05, 0) is 50.2 Å². The number of nitrogens with one attached hydrogen (secondary N) is 2. The van der Waals surface area contributed by atoms with Crippen molar-refractivity contribution in [3.63, 3.8) is 0 Å². The Labute approximate surface area is 137 Å². The van der Waals surface area contributed by atoms with E-state index in [1.807, 2.05) is 19.9 Å². The van der Waals surface area contributed by atoms with Crippen molar-refractivity contribution in [2.45, 2.75) is 13.8 Å². The van der Waals surface area contributed by atoms with Crippen LogP contribution in [0.1, 0.15) is 21.7 Å². The van der Waals surface area contributed by atoms with Crippen LogP contribution < -0.4 is 10.9 Å². The minimum atomic E-state index is -0.602. The molecule has 0 radical (unpaired) electrons. The standard InChI is InChI=1S/C17H15FN4O2/c1-10-8-11(2)22(21-10)15-6-5-12(9-14(15)18)20-17(24)13-4-3-7-19-16(13)23/h3-9H,1-2H3,(H,19,23)(H,20,24). The number of aromatic amines is 1. The first kappa shape index (κ1) is 15.7. The molecular weight excluding hydrogens is 311 g/mol. The average Bonchev–Trinajstić information content (AvgIpc) is 2.86. The lowest BCUT2D eigenvalue weighted by Gasteiger charge is -2.09. The number of pyridine rings is 1. The largest absolute Gasteiger partial charge is 0.328 e. The molecule has 0 aliphatic rings. The maximum absolute atomic E-state index is 14.4. The summed E-state index contributed by atoms with van der Waals surface area (Å²) < 4.78 is 15.9. The Kier molecular flexibility index (Phi) is 3.99. The van der Waals surface area contributed by atoms with Gasteiger partial charge in [0.2, 0.25) is 0 Å². The molecule has 2 heterocycles. The zero-order valence-electron chi connectivity index (χ0n) is 13.1. The van der Waals surface area contributed by atoms with Crippen LogP contribution in [-0.2, 0) is 0 Å². The molecule has 0 spiro atoms. The maximum Gasteiger partial charge on any atom is 0.261 e. The number of nitrogens with zero attached hydrogens (tertiary/aromatic N) is 2. The van der Waals surface area contributed by atoms with Gasteiger partial charge < -0.3 is 10.3 Å². The summed E-state index contributed by atoms with van der Waals surface area (Å²) in [7, 11) is 0. The average molecular weight is 326 g/mol. The van der Waals surface area contributed by atoms with E-state index in [-0.39, 0.29) is 16.9 Å². The van der Waals surface area contributed by atoms with Gasteiger partial charge in [-0.25, -0.2) is 9.07 Å². The predicted molar refractivity (Wildman–Crippen MR) is 88.0 cm³/mol. The van der Waals surface area contributed by atoms with Crippen LogP contribution in [-0.4, -0.2) is 20.7 Å². The fourth-order valence-electron chi connectivity index (χ4n) is 2.43. The van der Waals surface area contributed by atoms with Crippen molar-refractivity contribution in [1.82, 2.24) is 14.8 Å². The quantitative estimate of drug-likeness (QED) is 0.776. The molecule has 0 saturated carbocycles. The topological polar surface area (TPSA) is 79.8 Å². The van der Waals surface area contributed by atoms with Crippen LogP contribution >= 0.6 is 0 Å². The third kappa shape index (κ3) is 2.96.